The fourth-order valence-electron chi connectivity index (χ4n) is 1.58. The van der Waals surface area contributed by atoms with Crippen LogP contribution in [-0.4, -0.2) is 20.5 Å². The van der Waals surface area contributed by atoms with E-state index in [0.29, 0.717) is 12.8 Å². The highest BCUT2D eigenvalue weighted by molar-refractivity contribution is 7.89. The summed E-state index contributed by atoms with van der Waals surface area (Å²) in [6, 6.07) is 5.86. The fraction of sp³-hybridized carbons (Fsp3) is 0.462. The highest BCUT2D eigenvalue weighted by Gasteiger charge is 2.24. The Labute approximate surface area is 136 Å². The molecule has 118 valence electrons. The van der Waals surface area contributed by atoms with Gasteiger partial charge < -0.3 is 5.73 Å². The van der Waals surface area contributed by atoms with E-state index >= 15 is 0 Å². The minimum atomic E-state index is -3.70. The average molecular weight is 352 g/mol. The largest absolute Gasteiger partial charge is 0.324 e. The van der Waals surface area contributed by atoms with Gasteiger partial charge in [-0.05, 0) is 31.0 Å². The lowest BCUT2D eigenvalue weighted by Crippen LogP contribution is -2.49. The molecule has 1 aromatic rings. The van der Waals surface area contributed by atoms with Gasteiger partial charge in [0.1, 0.15) is 6.07 Å². The quantitative estimate of drug-likeness (QED) is 0.822. The molecule has 8 heteroatoms. The van der Waals surface area contributed by atoms with Crippen molar-refractivity contribution in [3.05, 3.63) is 28.8 Å². The lowest BCUT2D eigenvalue weighted by Gasteiger charge is -2.26. The summed E-state index contributed by atoms with van der Waals surface area (Å²) in [5.41, 5.74) is 5.61. The molecule has 21 heavy (non-hydrogen) atoms. The summed E-state index contributed by atoms with van der Waals surface area (Å²) >= 11 is 5.78. The molecule has 0 unspecified atom stereocenters. The number of nitrogens with two attached hydrogens (primary N) is 1. The van der Waals surface area contributed by atoms with Crippen molar-refractivity contribution in [2.75, 3.05) is 6.54 Å². The first kappa shape index (κ1) is 20.2. The minimum absolute atomic E-state index is 0. The number of rotatable bonds is 6. The highest BCUT2D eigenvalue weighted by atomic mass is 35.5. The molecule has 0 saturated heterocycles. The normalized spacial score (nSPS) is 11.6. The Morgan fingerprint density at radius 2 is 1.95 bits per heavy atom. The van der Waals surface area contributed by atoms with E-state index in [-0.39, 0.29) is 34.4 Å². The zero-order chi connectivity index (χ0) is 15.4. The van der Waals surface area contributed by atoms with Crippen LogP contribution in [0.2, 0.25) is 5.02 Å². The van der Waals surface area contributed by atoms with Crippen LogP contribution in [0.3, 0.4) is 0 Å². The van der Waals surface area contributed by atoms with Crippen molar-refractivity contribution < 1.29 is 8.42 Å². The van der Waals surface area contributed by atoms with Gasteiger partial charge in [0.05, 0.1) is 15.5 Å². The number of sulfonamides is 1. The lowest BCUT2D eigenvalue weighted by molar-refractivity contribution is 0.392. The lowest BCUT2D eigenvalue weighted by atomic mass is 9.95. The zero-order valence-corrected chi connectivity index (χ0v) is 14.3. The standard InChI is InChI=1S/C13H18ClN3O2S.ClH/c1-3-13(16,4-2)9-17-20(18,19)11-5-6-12(14)10(7-11)8-15;/h5-7,17H,3-4,9,16H2,1-2H3;1H. The molecule has 0 heterocycles. The Hall–Kier alpha value is -0.840. The van der Waals surface area contributed by atoms with E-state index in [9.17, 15) is 8.42 Å². The van der Waals surface area contributed by atoms with Gasteiger partial charge in [-0.25, -0.2) is 13.1 Å². The first-order chi connectivity index (χ1) is 9.28. The summed E-state index contributed by atoms with van der Waals surface area (Å²) in [6.07, 6.45) is 1.33. The number of nitrogens with zero attached hydrogens (tertiary/aromatic N) is 1. The first-order valence-corrected chi connectivity index (χ1v) is 8.12. The van der Waals surface area contributed by atoms with Crippen LogP contribution >= 0.6 is 24.0 Å². The molecule has 0 aliphatic heterocycles. The van der Waals surface area contributed by atoms with E-state index in [0.717, 1.165) is 0 Å². The number of benzene rings is 1. The molecular formula is C13H19Cl2N3O2S. The second-order valence-corrected chi connectivity index (χ2v) is 6.82. The van der Waals surface area contributed by atoms with E-state index in [1.54, 1.807) is 0 Å². The molecule has 0 spiro atoms. The van der Waals surface area contributed by atoms with Gasteiger partial charge in [-0.3, -0.25) is 0 Å². The second-order valence-electron chi connectivity index (χ2n) is 4.65. The van der Waals surface area contributed by atoms with E-state index in [4.69, 9.17) is 22.6 Å². The van der Waals surface area contributed by atoms with Gasteiger partial charge in [0.15, 0.2) is 0 Å². The third kappa shape index (κ3) is 5.13. The van der Waals surface area contributed by atoms with Crippen molar-refractivity contribution >= 4 is 34.0 Å². The van der Waals surface area contributed by atoms with Gasteiger partial charge in [-0.2, -0.15) is 5.26 Å². The van der Waals surface area contributed by atoms with Gasteiger partial charge in [-0.15, -0.1) is 12.4 Å². The first-order valence-electron chi connectivity index (χ1n) is 6.26. The Kier molecular flexibility index (Phi) is 7.65. The van der Waals surface area contributed by atoms with E-state index in [2.05, 4.69) is 4.72 Å². The molecule has 0 saturated carbocycles. The van der Waals surface area contributed by atoms with Gasteiger partial charge >= 0.3 is 0 Å². The molecule has 5 nitrogen and oxygen atoms in total. The predicted molar refractivity (Wildman–Crippen MR) is 86.1 cm³/mol. The summed E-state index contributed by atoms with van der Waals surface area (Å²) in [5, 5.41) is 9.10. The minimum Gasteiger partial charge on any atom is -0.324 e. The Morgan fingerprint density at radius 3 is 2.43 bits per heavy atom. The Morgan fingerprint density at radius 1 is 1.38 bits per heavy atom. The smallest absolute Gasteiger partial charge is 0.240 e. The molecule has 0 amide bonds. The molecule has 0 aromatic heterocycles. The predicted octanol–water partition coefficient (Wildman–Crippen LogP) is 2.43. The zero-order valence-electron chi connectivity index (χ0n) is 11.9. The van der Waals surface area contributed by atoms with Crippen LogP contribution in [-0.2, 0) is 10.0 Å². The summed E-state index contributed by atoms with van der Waals surface area (Å²) in [7, 11) is -3.70. The number of halogens is 2. The van der Waals surface area contributed by atoms with Crippen molar-refractivity contribution in [2.24, 2.45) is 5.73 Å². The molecule has 0 atom stereocenters. The number of nitriles is 1. The van der Waals surface area contributed by atoms with Crippen molar-refractivity contribution in [1.29, 1.82) is 5.26 Å². The monoisotopic (exact) mass is 351 g/mol. The molecule has 3 N–H and O–H groups in total. The van der Waals surface area contributed by atoms with E-state index in [1.165, 1.54) is 18.2 Å². The van der Waals surface area contributed by atoms with Crippen molar-refractivity contribution in [3.8, 4) is 6.07 Å². The van der Waals surface area contributed by atoms with Crippen LogP contribution in [0.4, 0.5) is 0 Å². The highest BCUT2D eigenvalue weighted by Crippen LogP contribution is 2.20. The van der Waals surface area contributed by atoms with E-state index < -0.39 is 15.6 Å². The topological polar surface area (TPSA) is 96.0 Å². The van der Waals surface area contributed by atoms with Crippen LogP contribution in [0.5, 0.6) is 0 Å². The van der Waals surface area contributed by atoms with Gasteiger partial charge in [0, 0.05) is 12.1 Å². The van der Waals surface area contributed by atoms with Gasteiger partial charge in [-0.1, -0.05) is 25.4 Å². The molecule has 0 radical (unpaired) electrons. The summed E-state index contributed by atoms with van der Waals surface area (Å²) in [5.74, 6) is 0. The Balaban J connectivity index is 0.00000400. The SMILES string of the molecule is CCC(N)(CC)CNS(=O)(=O)c1ccc(Cl)c(C#N)c1.Cl. The van der Waals surface area contributed by atoms with Crippen LogP contribution < -0.4 is 10.5 Å². The molecule has 1 aromatic carbocycles. The second kappa shape index (κ2) is 7.97. The van der Waals surface area contributed by atoms with Crippen molar-refractivity contribution in [3.63, 3.8) is 0 Å². The molecule has 1 rings (SSSR count). The van der Waals surface area contributed by atoms with Crippen LogP contribution in [0.25, 0.3) is 0 Å². The average Bonchev–Trinajstić information content (AvgIpc) is 2.45. The van der Waals surface area contributed by atoms with Crippen LogP contribution in [0, 0.1) is 11.3 Å². The molecular weight excluding hydrogens is 333 g/mol. The number of hydrogen-bond acceptors (Lipinski definition) is 4. The van der Waals surface area contributed by atoms with Crippen molar-refractivity contribution in [1.82, 2.24) is 4.72 Å². The summed E-state index contributed by atoms with van der Waals surface area (Å²) in [6.45, 7) is 3.97. The van der Waals surface area contributed by atoms with Gasteiger partial charge in [0.2, 0.25) is 10.0 Å². The number of nitrogens with one attached hydrogen (secondary N) is 1. The van der Waals surface area contributed by atoms with Crippen molar-refractivity contribution in [2.45, 2.75) is 37.1 Å². The molecule has 0 aliphatic carbocycles. The maximum Gasteiger partial charge on any atom is 0.240 e. The summed E-state index contributed by atoms with van der Waals surface area (Å²) < 4.78 is 26.8. The maximum absolute atomic E-state index is 12.2. The maximum atomic E-state index is 12.2. The van der Waals surface area contributed by atoms with Gasteiger partial charge in [0.25, 0.3) is 0 Å². The van der Waals surface area contributed by atoms with Crippen LogP contribution in [0.1, 0.15) is 32.3 Å². The van der Waals surface area contributed by atoms with Crippen LogP contribution in [0.15, 0.2) is 23.1 Å². The summed E-state index contributed by atoms with van der Waals surface area (Å²) in [4.78, 5) is 0.00741. The molecule has 0 aliphatic rings. The molecule has 0 bridgehead atoms. The Bertz CT molecular complexity index is 623. The number of hydrogen-bond donors (Lipinski definition) is 2. The fourth-order valence-corrected chi connectivity index (χ4v) is 2.90. The third-order valence-corrected chi connectivity index (χ3v) is 5.12. The molecule has 0 fully saturated rings. The third-order valence-electron chi connectivity index (χ3n) is 3.39. The van der Waals surface area contributed by atoms with E-state index in [1.807, 2.05) is 19.9 Å².